The number of fused-ring (bicyclic) bond motifs is 2. The Bertz CT molecular complexity index is 2140. The zero-order chi connectivity index (χ0) is 41.7. The number of alkyl carbamates (subject to hydrolysis) is 1. The highest BCUT2D eigenvalue weighted by Gasteiger charge is 2.61. The minimum absolute atomic E-state index is 0.0195. The van der Waals surface area contributed by atoms with Crippen molar-refractivity contribution in [1.82, 2.24) is 25.5 Å². The fourth-order valence-corrected chi connectivity index (χ4v) is 9.50. The summed E-state index contributed by atoms with van der Waals surface area (Å²) in [6.07, 6.45) is 1.99. The second kappa shape index (κ2) is 16.1. The van der Waals surface area contributed by atoms with Gasteiger partial charge in [0.25, 0.3) is 0 Å². The third-order valence-corrected chi connectivity index (χ3v) is 12.8. The first kappa shape index (κ1) is 41.3. The molecule has 0 spiro atoms. The Labute approximate surface area is 346 Å². The van der Waals surface area contributed by atoms with Crippen LogP contribution in [0.1, 0.15) is 80.1 Å². The number of carbonyl (C=O) groups is 4. The standard InChI is InChI=1S/C41H50ClN7O8S/c1-7-23-17-41(23,37(52)53)48-35(50)29-15-25(18-49(29)36(51)34(40(4,5)6)47-39(54)57-24-13-21-12-22(21)14-24)56-31-16-27(28-19-58-38(46-28)44-20(2)3)45-33-26(31)8-9-30(32(33)42)55-11-10-43/h8-9,16,19-25,29,34H,7,11-15,17-18H2,1-6H3,(H,44,46)(H,47,54)(H,48,50)(H,52,53)/t21-,22?,23+,24?,25+,29-,34?,41?/m0/s1. The normalized spacial score (nSPS) is 26.4. The van der Waals surface area contributed by atoms with Gasteiger partial charge in [-0.25, -0.2) is 19.6 Å². The maximum absolute atomic E-state index is 14.7. The first-order chi connectivity index (χ1) is 27.5. The molecule has 3 saturated carbocycles. The van der Waals surface area contributed by atoms with Gasteiger partial charge in [-0.15, -0.1) is 11.3 Å². The van der Waals surface area contributed by atoms with Crippen LogP contribution in [0.25, 0.3) is 22.3 Å². The summed E-state index contributed by atoms with van der Waals surface area (Å²) in [4.78, 5) is 65.6. The predicted octanol–water partition coefficient (Wildman–Crippen LogP) is 6.39. The molecule has 3 aliphatic carbocycles. The minimum atomic E-state index is -1.43. The molecule has 1 aliphatic heterocycles. The highest BCUT2D eigenvalue weighted by Crippen LogP contribution is 2.52. The van der Waals surface area contributed by atoms with Gasteiger partial charge in [0.1, 0.15) is 58.1 Å². The Morgan fingerprint density at radius 2 is 1.83 bits per heavy atom. The van der Waals surface area contributed by atoms with E-state index in [2.05, 4.69) is 16.0 Å². The van der Waals surface area contributed by atoms with Crippen LogP contribution in [0.5, 0.6) is 11.5 Å². The van der Waals surface area contributed by atoms with E-state index >= 15 is 0 Å². The Morgan fingerprint density at radius 1 is 1.09 bits per heavy atom. The van der Waals surface area contributed by atoms with Gasteiger partial charge in [-0.2, -0.15) is 5.26 Å². The number of nitrogens with zero attached hydrogens (tertiary/aromatic N) is 4. The summed E-state index contributed by atoms with van der Waals surface area (Å²) in [7, 11) is 0. The predicted molar refractivity (Wildman–Crippen MR) is 217 cm³/mol. The van der Waals surface area contributed by atoms with Crippen molar-refractivity contribution in [2.24, 2.45) is 23.2 Å². The number of carboxylic acids is 1. The molecule has 2 aromatic heterocycles. The average molecular weight is 836 g/mol. The number of nitriles is 1. The van der Waals surface area contributed by atoms with E-state index < -0.39 is 53.0 Å². The van der Waals surface area contributed by atoms with Crippen molar-refractivity contribution >= 4 is 62.8 Å². The summed E-state index contributed by atoms with van der Waals surface area (Å²) in [6.45, 7) is 11.0. The zero-order valence-corrected chi connectivity index (χ0v) is 35.0. The summed E-state index contributed by atoms with van der Waals surface area (Å²) in [5, 5.41) is 31.4. The first-order valence-electron chi connectivity index (χ1n) is 19.9. The largest absolute Gasteiger partial charge is 0.488 e. The van der Waals surface area contributed by atoms with Gasteiger partial charge in [0, 0.05) is 29.3 Å². The highest BCUT2D eigenvalue weighted by molar-refractivity contribution is 7.14. The molecule has 3 amide bonds. The van der Waals surface area contributed by atoms with Gasteiger partial charge in [0.2, 0.25) is 11.8 Å². The van der Waals surface area contributed by atoms with Crippen LogP contribution in [0.3, 0.4) is 0 Å². The third-order valence-electron chi connectivity index (χ3n) is 11.6. The van der Waals surface area contributed by atoms with Crippen molar-refractivity contribution in [2.45, 2.75) is 116 Å². The fourth-order valence-electron chi connectivity index (χ4n) is 8.39. The molecule has 0 radical (unpaired) electrons. The number of pyridine rings is 1. The van der Waals surface area contributed by atoms with E-state index in [0.29, 0.717) is 51.4 Å². The van der Waals surface area contributed by atoms with Crippen molar-refractivity contribution in [2.75, 3.05) is 18.5 Å². The number of hydrogen-bond donors (Lipinski definition) is 4. The molecule has 17 heteroatoms. The summed E-state index contributed by atoms with van der Waals surface area (Å²) in [5.41, 5.74) is -0.909. The number of amides is 3. The van der Waals surface area contributed by atoms with E-state index in [1.807, 2.05) is 53.0 Å². The Balaban J connectivity index is 1.21. The zero-order valence-electron chi connectivity index (χ0n) is 33.5. The molecule has 4 fully saturated rings. The molecule has 0 bridgehead atoms. The van der Waals surface area contributed by atoms with Crippen molar-refractivity contribution in [3.05, 3.63) is 28.6 Å². The lowest BCUT2D eigenvalue weighted by Gasteiger charge is -2.35. The number of hydrogen-bond acceptors (Lipinski definition) is 12. The number of likely N-dealkylation sites (tertiary alicyclic amines) is 1. The smallest absolute Gasteiger partial charge is 0.408 e. The van der Waals surface area contributed by atoms with Crippen LogP contribution in [0, 0.1) is 34.5 Å². The van der Waals surface area contributed by atoms with E-state index in [4.69, 9.17) is 41.0 Å². The highest BCUT2D eigenvalue weighted by atomic mass is 35.5. The number of aromatic nitrogens is 2. The number of aliphatic carboxylic acids is 1. The van der Waals surface area contributed by atoms with E-state index in [-0.39, 0.29) is 54.8 Å². The topological polar surface area (TPSA) is 205 Å². The number of halogens is 1. The van der Waals surface area contributed by atoms with E-state index in [1.54, 1.807) is 18.2 Å². The Hall–Kier alpha value is -4.88. The van der Waals surface area contributed by atoms with Crippen molar-refractivity contribution < 1.29 is 38.5 Å². The Kier molecular flexibility index (Phi) is 11.4. The molecule has 4 aliphatic rings. The molecule has 1 aromatic carbocycles. The second-order valence-corrected chi connectivity index (χ2v) is 18.6. The van der Waals surface area contributed by atoms with Crippen LogP contribution in [0.4, 0.5) is 9.93 Å². The number of ether oxygens (including phenoxy) is 3. The van der Waals surface area contributed by atoms with Crippen LogP contribution in [0.15, 0.2) is 23.6 Å². The fraction of sp³-hybridized carbons (Fsp3) is 0.585. The SMILES string of the molecule is CC[C@@H]1CC1(NC(=O)[C@@H]1C[C@@H](Oc2cc(-c3csc(NC(C)C)n3)nc3c(Cl)c(OCC#N)ccc23)CN1C(=O)C(NC(=O)OC1CC2C[C@H]2C1)C(C)(C)C)C(=O)O. The van der Waals surface area contributed by atoms with Crippen LogP contribution < -0.4 is 25.4 Å². The molecule has 8 atom stereocenters. The molecule has 15 nitrogen and oxygen atoms in total. The lowest BCUT2D eigenvalue weighted by Crippen LogP contribution is -2.59. The van der Waals surface area contributed by atoms with E-state index in [0.717, 1.165) is 19.3 Å². The average Bonchev–Trinajstić information content (AvgIpc) is 3.83. The van der Waals surface area contributed by atoms with Crippen LogP contribution in [0.2, 0.25) is 5.02 Å². The molecular formula is C41H50ClN7O8S. The molecule has 58 heavy (non-hydrogen) atoms. The number of thiazole rings is 1. The van der Waals surface area contributed by atoms with E-state index in [9.17, 15) is 24.3 Å². The molecule has 3 heterocycles. The minimum Gasteiger partial charge on any atom is -0.488 e. The van der Waals surface area contributed by atoms with Gasteiger partial charge in [-0.05, 0) is 74.8 Å². The number of carboxylic acid groups (broad SMARTS) is 1. The molecular weight excluding hydrogens is 786 g/mol. The van der Waals surface area contributed by atoms with Crippen molar-refractivity contribution in [3.8, 4) is 29.0 Å². The quantitative estimate of drug-likeness (QED) is 0.139. The molecule has 4 N–H and O–H groups in total. The van der Waals surface area contributed by atoms with Gasteiger partial charge in [-0.1, -0.05) is 45.7 Å². The number of rotatable bonds is 14. The van der Waals surface area contributed by atoms with Gasteiger partial charge in [0.15, 0.2) is 11.7 Å². The number of carbonyl (C=O) groups excluding carboxylic acids is 3. The molecule has 1 saturated heterocycles. The second-order valence-electron chi connectivity index (χ2n) is 17.3. The maximum atomic E-state index is 14.7. The summed E-state index contributed by atoms with van der Waals surface area (Å²) in [5.74, 6) is -0.729. The third kappa shape index (κ3) is 8.47. The number of anilines is 1. The molecule has 4 unspecified atom stereocenters. The van der Waals surface area contributed by atoms with Crippen molar-refractivity contribution in [1.29, 1.82) is 5.26 Å². The van der Waals surface area contributed by atoms with Gasteiger partial charge in [-0.3, -0.25) is 9.59 Å². The summed E-state index contributed by atoms with van der Waals surface area (Å²) < 4.78 is 18.0. The van der Waals surface area contributed by atoms with Crippen molar-refractivity contribution in [3.63, 3.8) is 0 Å². The van der Waals surface area contributed by atoms with Crippen LogP contribution in [-0.4, -0.2) is 92.9 Å². The van der Waals surface area contributed by atoms with Gasteiger partial charge >= 0.3 is 12.1 Å². The monoisotopic (exact) mass is 835 g/mol. The molecule has 7 rings (SSSR count). The maximum Gasteiger partial charge on any atom is 0.408 e. The molecule has 310 valence electrons. The van der Waals surface area contributed by atoms with Gasteiger partial charge < -0.3 is 40.2 Å². The number of nitrogens with one attached hydrogen (secondary N) is 3. The Morgan fingerprint density at radius 3 is 2.47 bits per heavy atom. The van der Waals surface area contributed by atoms with Gasteiger partial charge in [0.05, 0.1) is 17.8 Å². The van der Waals surface area contributed by atoms with Crippen LogP contribution >= 0.6 is 22.9 Å². The first-order valence-corrected chi connectivity index (χ1v) is 21.1. The molecule has 3 aromatic rings. The lowest BCUT2D eigenvalue weighted by molar-refractivity contribution is -0.146. The van der Waals surface area contributed by atoms with E-state index in [1.165, 1.54) is 16.2 Å². The van der Waals surface area contributed by atoms with Crippen LogP contribution in [-0.2, 0) is 19.1 Å². The summed E-state index contributed by atoms with van der Waals surface area (Å²) in [6, 6.07) is 4.92. The number of benzene rings is 1. The summed E-state index contributed by atoms with van der Waals surface area (Å²) >= 11 is 8.25. The lowest BCUT2D eigenvalue weighted by atomic mass is 9.85.